The van der Waals surface area contributed by atoms with Crippen molar-refractivity contribution in [1.29, 1.82) is 0 Å². The smallest absolute Gasteiger partial charge is 0.166 e. The standard InChI is InChI=1S/C15H10Cl2F2O/c16-10-2-3-13(14(19)8-10)15(20)4-1-9-5-11(17)7-12(18)6-9/h2-3,5-8H,1,4H2. The van der Waals surface area contributed by atoms with Gasteiger partial charge in [0.05, 0.1) is 5.56 Å². The van der Waals surface area contributed by atoms with Crippen molar-refractivity contribution in [2.75, 3.05) is 0 Å². The fourth-order valence-corrected chi connectivity index (χ4v) is 2.27. The Morgan fingerprint density at radius 1 is 1.00 bits per heavy atom. The molecule has 0 aliphatic carbocycles. The van der Waals surface area contributed by atoms with Gasteiger partial charge in [-0.05, 0) is 48.4 Å². The van der Waals surface area contributed by atoms with Gasteiger partial charge in [0.25, 0.3) is 0 Å². The average Bonchev–Trinajstić information content (AvgIpc) is 2.35. The van der Waals surface area contributed by atoms with E-state index in [4.69, 9.17) is 23.2 Å². The molecule has 0 saturated heterocycles. The average molecular weight is 315 g/mol. The van der Waals surface area contributed by atoms with Crippen LogP contribution in [0.15, 0.2) is 36.4 Å². The number of aryl methyl sites for hydroxylation is 1. The lowest BCUT2D eigenvalue weighted by Gasteiger charge is -2.04. The van der Waals surface area contributed by atoms with Crippen molar-refractivity contribution in [2.45, 2.75) is 12.8 Å². The summed E-state index contributed by atoms with van der Waals surface area (Å²) in [6.07, 6.45) is 0.358. The zero-order chi connectivity index (χ0) is 14.7. The Labute approximate surface area is 125 Å². The molecule has 0 atom stereocenters. The molecule has 0 saturated carbocycles. The molecule has 0 heterocycles. The largest absolute Gasteiger partial charge is 0.294 e. The molecular weight excluding hydrogens is 305 g/mol. The van der Waals surface area contributed by atoms with Gasteiger partial charge in [0.15, 0.2) is 5.78 Å². The van der Waals surface area contributed by atoms with Gasteiger partial charge in [0.1, 0.15) is 11.6 Å². The summed E-state index contributed by atoms with van der Waals surface area (Å²) in [7, 11) is 0. The van der Waals surface area contributed by atoms with Crippen LogP contribution < -0.4 is 0 Å². The second-order valence-electron chi connectivity index (χ2n) is 4.33. The predicted molar refractivity (Wildman–Crippen MR) is 75.5 cm³/mol. The summed E-state index contributed by atoms with van der Waals surface area (Å²) in [6, 6.07) is 7.96. The van der Waals surface area contributed by atoms with Crippen molar-refractivity contribution in [3.8, 4) is 0 Å². The van der Waals surface area contributed by atoms with Crippen LogP contribution in [0.1, 0.15) is 22.3 Å². The Bertz CT molecular complexity index is 636. The van der Waals surface area contributed by atoms with Crippen LogP contribution in [-0.4, -0.2) is 5.78 Å². The molecule has 0 spiro atoms. The Morgan fingerprint density at radius 3 is 2.40 bits per heavy atom. The Morgan fingerprint density at radius 2 is 1.75 bits per heavy atom. The minimum Gasteiger partial charge on any atom is -0.294 e. The molecular formula is C15H10Cl2F2O. The van der Waals surface area contributed by atoms with Crippen LogP contribution in [-0.2, 0) is 6.42 Å². The normalized spacial score (nSPS) is 10.6. The number of halogens is 4. The van der Waals surface area contributed by atoms with Crippen LogP contribution in [0, 0.1) is 11.6 Å². The van der Waals surface area contributed by atoms with Crippen molar-refractivity contribution in [3.63, 3.8) is 0 Å². The van der Waals surface area contributed by atoms with E-state index in [9.17, 15) is 13.6 Å². The van der Waals surface area contributed by atoms with Crippen molar-refractivity contribution in [3.05, 3.63) is 69.2 Å². The van der Waals surface area contributed by atoms with E-state index >= 15 is 0 Å². The van der Waals surface area contributed by atoms with E-state index in [1.165, 1.54) is 24.3 Å². The van der Waals surface area contributed by atoms with Gasteiger partial charge in [-0.2, -0.15) is 0 Å². The Hall–Kier alpha value is -1.45. The van der Waals surface area contributed by atoms with Gasteiger partial charge in [-0.3, -0.25) is 4.79 Å². The topological polar surface area (TPSA) is 17.1 Å². The number of carbonyl (C=O) groups excluding carboxylic acids is 1. The number of benzene rings is 2. The molecule has 0 aliphatic rings. The van der Waals surface area contributed by atoms with Gasteiger partial charge < -0.3 is 0 Å². The van der Waals surface area contributed by atoms with Crippen molar-refractivity contribution in [2.24, 2.45) is 0 Å². The Balaban J connectivity index is 2.08. The third-order valence-electron chi connectivity index (χ3n) is 2.79. The van der Waals surface area contributed by atoms with Crippen LogP contribution >= 0.6 is 23.2 Å². The van der Waals surface area contributed by atoms with Crippen molar-refractivity contribution >= 4 is 29.0 Å². The van der Waals surface area contributed by atoms with Crippen LogP contribution in [0.2, 0.25) is 10.0 Å². The first-order valence-corrected chi connectivity index (χ1v) is 6.64. The van der Waals surface area contributed by atoms with E-state index in [-0.39, 0.29) is 27.8 Å². The summed E-state index contributed by atoms with van der Waals surface area (Å²) in [4.78, 5) is 11.9. The minimum atomic E-state index is -0.653. The molecule has 2 aromatic carbocycles. The van der Waals surface area contributed by atoms with Crippen LogP contribution in [0.25, 0.3) is 0 Å². The van der Waals surface area contributed by atoms with Crippen LogP contribution in [0.4, 0.5) is 8.78 Å². The molecule has 0 fully saturated rings. The first kappa shape index (κ1) is 14.9. The molecule has 2 rings (SSSR count). The highest BCUT2D eigenvalue weighted by molar-refractivity contribution is 6.31. The second-order valence-corrected chi connectivity index (χ2v) is 5.20. The van der Waals surface area contributed by atoms with Crippen molar-refractivity contribution < 1.29 is 13.6 Å². The van der Waals surface area contributed by atoms with Gasteiger partial charge in [0.2, 0.25) is 0 Å². The number of hydrogen-bond acceptors (Lipinski definition) is 1. The van der Waals surface area contributed by atoms with E-state index in [0.717, 1.165) is 6.07 Å². The summed E-state index contributed by atoms with van der Waals surface area (Å²) in [5.74, 6) is -1.48. The Kier molecular flexibility index (Phi) is 4.73. The highest BCUT2D eigenvalue weighted by atomic mass is 35.5. The summed E-state index contributed by atoms with van der Waals surface area (Å²) in [6.45, 7) is 0. The second kappa shape index (κ2) is 6.33. The van der Waals surface area contributed by atoms with Gasteiger partial charge in [-0.25, -0.2) is 8.78 Å². The van der Waals surface area contributed by atoms with Gasteiger partial charge in [-0.15, -0.1) is 0 Å². The maximum absolute atomic E-state index is 13.6. The van der Waals surface area contributed by atoms with Crippen LogP contribution in [0.5, 0.6) is 0 Å². The van der Waals surface area contributed by atoms with E-state index < -0.39 is 11.6 Å². The SMILES string of the molecule is O=C(CCc1cc(F)cc(Cl)c1)c1ccc(Cl)cc1F. The zero-order valence-electron chi connectivity index (χ0n) is 10.3. The summed E-state index contributed by atoms with van der Waals surface area (Å²) >= 11 is 11.3. The maximum atomic E-state index is 13.6. The van der Waals surface area contributed by atoms with Gasteiger partial charge >= 0.3 is 0 Å². The lowest BCUT2D eigenvalue weighted by atomic mass is 10.0. The molecule has 0 N–H and O–H groups in total. The fraction of sp³-hybridized carbons (Fsp3) is 0.133. The molecule has 0 amide bonds. The summed E-state index contributed by atoms with van der Waals surface area (Å²) in [5.41, 5.74) is 0.578. The number of Topliss-reactive ketones (excluding diaryl/α,β-unsaturated/α-hetero) is 1. The molecule has 1 nitrogen and oxygen atoms in total. The van der Waals surface area contributed by atoms with E-state index in [1.54, 1.807) is 6.07 Å². The molecule has 0 bridgehead atoms. The maximum Gasteiger partial charge on any atom is 0.166 e. The molecule has 0 aliphatic heterocycles. The first-order chi connectivity index (χ1) is 9.45. The third-order valence-corrected chi connectivity index (χ3v) is 3.25. The molecule has 0 radical (unpaired) electrons. The summed E-state index contributed by atoms with van der Waals surface area (Å²) in [5, 5.41) is 0.501. The molecule has 5 heteroatoms. The quantitative estimate of drug-likeness (QED) is 0.719. The number of ketones is 1. The zero-order valence-corrected chi connectivity index (χ0v) is 11.8. The lowest BCUT2D eigenvalue weighted by Crippen LogP contribution is -2.04. The van der Waals surface area contributed by atoms with E-state index in [1.807, 2.05) is 0 Å². The number of carbonyl (C=O) groups is 1. The van der Waals surface area contributed by atoms with E-state index in [2.05, 4.69) is 0 Å². The minimum absolute atomic E-state index is 0.0168. The van der Waals surface area contributed by atoms with E-state index in [0.29, 0.717) is 12.0 Å². The first-order valence-electron chi connectivity index (χ1n) is 5.89. The van der Waals surface area contributed by atoms with Crippen molar-refractivity contribution in [1.82, 2.24) is 0 Å². The molecule has 2 aromatic rings. The monoisotopic (exact) mass is 314 g/mol. The predicted octanol–water partition coefficient (Wildman–Crippen LogP) is 5.09. The molecule has 0 aromatic heterocycles. The van der Waals surface area contributed by atoms with Gasteiger partial charge in [0, 0.05) is 16.5 Å². The summed E-state index contributed by atoms with van der Waals surface area (Å²) < 4.78 is 26.7. The fourth-order valence-electron chi connectivity index (χ4n) is 1.86. The number of hydrogen-bond donors (Lipinski definition) is 0. The molecule has 20 heavy (non-hydrogen) atoms. The molecule has 104 valence electrons. The highest BCUT2D eigenvalue weighted by Crippen LogP contribution is 2.19. The number of rotatable bonds is 4. The third kappa shape index (κ3) is 3.78. The van der Waals surface area contributed by atoms with Gasteiger partial charge in [-0.1, -0.05) is 23.2 Å². The lowest BCUT2D eigenvalue weighted by molar-refractivity contribution is 0.0979. The molecule has 0 unspecified atom stereocenters. The van der Waals surface area contributed by atoms with Crippen LogP contribution in [0.3, 0.4) is 0 Å². The highest BCUT2D eigenvalue weighted by Gasteiger charge is 2.12.